The Morgan fingerprint density at radius 2 is 2.06 bits per heavy atom. The van der Waals surface area contributed by atoms with Crippen molar-refractivity contribution in [3.8, 4) is 0 Å². The fourth-order valence-electron chi connectivity index (χ4n) is 1.48. The Balaban J connectivity index is 2.53. The van der Waals surface area contributed by atoms with Gasteiger partial charge in [0.25, 0.3) is 0 Å². The molecule has 4 heteroatoms. The molecular weight excluding hydrogens is 204 g/mol. The van der Waals surface area contributed by atoms with E-state index >= 15 is 0 Å². The van der Waals surface area contributed by atoms with Crippen LogP contribution in [0.25, 0.3) is 0 Å². The van der Waals surface area contributed by atoms with Crippen LogP contribution in [0.2, 0.25) is 0 Å². The molecule has 1 aliphatic rings. The molecule has 0 heterocycles. The van der Waals surface area contributed by atoms with Crippen molar-refractivity contribution in [2.75, 3.05) is 6.54 Å². The Hall–Kier alpha value is -1.32. The van der Waals surface area contributed by atoms with Crippen molar-refractivity contribution in [1.82, 2.24) is 10.6 Å². The summed E-state index contributed by atoms with van der Waals surface area (Å²) in [6.45, 7) is 7.88. The molecule has 0 aliphatic heterocycles. The van der Waals surface area contributed by atoms with E-state index in [0.717, 1.165) is 6.42 Å². The van der Waals surface area contributed by atoms with Crippen LogP contribution in [-0.4, -0.2) is 24.4 Å². The molecule has 1 atom stereocenters. The topological polar surface area (TPSA) is 58.2 Å². The van der Waals surface area contributed by atoms with Gasteiger partial charge in [0.2, 0.25) is 11.8 Å². The third kappa shape index (κ3) is 2.62. The summed E-state index contributed by atoms with van der Waals surface area (Å²) in [5.74, 6) is -0.309. The maximum absolute atomic E-state index is 11.9. The third-order valence-corrected chi connectivity index (χ3v) is 3.02. The summed E-state index contributed by atoms with van der Waals surface area (Å²) in [5.41, 5.74) is -0.799. The van der Waals surface area contributed by atoms with Gasteiger partial charge in [0.1, 0.15) is 5.41 Å². The highest BCUT2D eigenvalue weighted by Crippen LogP contribution is 2.46. The highest BCUT2D eigenvalue weighted by molar-refractivity contribution is 6.07. The van der Waals surface area contributed by atoms with Crippen molar-refractivity contribution in [1.29, 1.82) is 0 Å². The summed E-state index contributed by atoms with van der Waals surface area (Å²) in [4.78, 5) is 23.7. The van der Waals surface area contributed by atoms with Gasteiger partial charge in [-0.05, 0) is 26.2 Å². The van der Waals surface area contributed by atoms with E-state index < -0.39 is 5.41 Å². The van der Waals surface area contributed by atoms with Crippen molar-refractivity contribution < 1.29 is 9.59 Å². The molecule has 0 aromatic carbocycles. The first-order valence-corrected chi connectivity index (χ1v) is 5.77. The summed E-state index contributed by atoms with van der Waals surface area (Å²) in [7, 11) is 0. The van der Waals surface area contributed by atoms with E-state index in [-0.39, 0.29) is 17.9 Å². The van der Waals surface area contributed by atoms with Crippen LogP contribution in [0.3, 0.4) is 0 Å². The van der Waals surface area contributed by atoms with Crippen LogP contribution in [0, 0.1) is 5.41 Å². The first-order valence-electron chi connectivity index (χ1n) is 5.77. The summed E-state index contributed by atoms with van der Waals surface area (Å²) in [6, 6.07) is 0.122. The van der Waals surface area contributed by atoms with Crippen molar-refractivity contribution in [3.05, 3.63) is 12.7 Å². The first kappa shape index (κ1) is 12.7. The lowest BCUT2D eigenvalue weighted by Crippen LogP contribution is -2.45. The number of hydrogen-bond acceptors (Lipinski definition) is 2. The van der Waals surface area contributed by atoms with Crippen LogP contribution in [0.1, 0.15) is 33.1 Å². The normalized spacial score (nSPS) is 18.4. The molecule has 0 bridgehead atoms. The fraction of sp³-hybridized carbons (Fsp3) is 0.667. The van der Waals surface area contributed by atoms with E-state index in [0.29, 0.717) is 19.4 Å². The molecule has 1 rings (SSSR count). The summed E-state index contributed by atoms with van der Waals surface area (Å²) in [5, 5.41) is 5.55. The van der Waals surface area contributed by atoms with Crippen LogP contribution in [0.4, 0.5) is 0 Å². The molecule has 0 spiro atoms. The van der Waals surface area contributed by atoms with Crippen molar-refractivity contribution in [3.63, 3.8) is 0 Å². The van der Waals surface area contributed by atoms with Gasteiger partial charge in [-0.3, -0.25) is 9.59 Å². The smallest absolute Gasteiger partial charge is 0.235 e. The Bertz CT molecular complexity index is 295. The first-order chi connectivity index (χ1) is 7.56. The summed E-state index contributed by atoms with van der Waals surface area (Å²) in [6.07, 6.45) is 3.78. The van der Waals surface area contributed by atoms with Gasteiger partial charge in [-0.2, -0.15) is 0 Å². The number of nitrogens with one attached hydrogen (secondary N) is 2. The van der Waals surface area contributed by atoms with E-state index in [9.17, 15) is 9.59 Å². The molecule has 0 radical (unpaired) electrons. The van der Waals surface area contributed by atoms with Crippen LogP contribution in [0.5, 0.6) is 0 Å². The number of carbonyl (C=O) groups excluding carboxylic acids is 2. The lowest BCUT2D eigenvalue weighted by atomic mass is 10.0. The predicted octanol–water partition coefficient (Wildman–Crippen LogP) is 0.983. The molecular formula is C12H20N2O2. The van der Waals surface area contributed by atoms with E-state index in [1.165, 1.54) is 0 Å². The second-order valence-electron chi connectivity index (χ2n) is 4.36. The second kappa shape index (κ2) is 5.14. The van der Waals surface area contributed by atoms with Crippen LogP contribution in [0.15, 0.2) is 12.7 Å². The van der Waals surface area contributed by atoms with Gasteiger partial charge >= 0.3 is 0 Å². The van der Waals surface area contributed by atoms with Gasteiger partial charge in [0.15, 0.2) is 0 Å². The molecule has 0 saturated heterocycles. The highest BCUT2D eigenvalue weighted by Gasteiger charge is 2.56. The Kier molecular flexibility index (Phi) is 4.10. The minimum atomic E-state index is -0.799. The molecule has 0 aromatic heterocycles. The zero-order chi connectivity index (χ0) is 12.2. The minimum absolute atomic E-state index is 0.122. The van der Waals surface area contributed by atoms with Crippen molar-refractivity contribution in [2.24, 2.45) is 5.41 Å². The number of amides is 2. The molecule has 1 saturated carbocycles. The molecule has 2 amide bonds. The lowest BCUT2D eigenvalue weighted by molar-refractivity contribution is -0.137. The molecule has 4 nitrogen and oxygen atoms in total. The molecule has 2 N–H and O–H groups in total. The van der Waals surface area contributed by atoms with E-state index in [4.69, 9.17) is 0 Å². The van der Waals surface area contributed by atoms with Crippen LogP contribution in [-0.2, 0) is 9.59 Å². The molecule has 90 valence electrons. The SMILES string of the molecule is C=CCNC(=O)C1(C(=O)NC(C)CC)CC1. The predicted molar refractivity (Wildman–Crippen MR) is 62.8 cm³/mol. The maximum Gasteiger partial charge on any atom is 0.235 e. The van der Waals surface area contributed by atoms with Crippen molar-refractivity contribution in [2.45, 2.75) is 39.2 Å². The Morgan fingerprint density at radius 1 is 1.44 bits per heavy atom. The quantitative estimate of drug-likeness (QED) is 0.522. The van der Waals surface area contributed by atoms with Gasteiger partial charge in [0, 0.05) is 12.6 Å². The van der Waals surface area contributed by atoms with Gasteiger partial charge in [0.05, 0.1) is 0 Å². The number of hydrogen-bond donors (Lipinski definition) is 2. The Morgan fingerprint density at radius 3 is 2.50 bits per heavy atom. The highest BCUT2D eigenvalue weighted by atomic mass is 16.2. The minimum Gasteiger partial charge on any atom is -0.353 e. The lowest BCUT2D eigenvalue weighted by Gasteiger charge is -2.18. The average Bonchev–Trinajstić information content (AvgIpc) is 3.06. The van der Waals surface area contributed by atoms with Gasteiger partial charge < -0.3 is 10.6 Å². The van der Waals surface area contributed by atoms with Crippen LogP contribution >= 0.6 is 0 Å². The van der Waals surface area contributed by atoms with Crippen LogP contribution < -0.4 is 10.6 Å². The molecule has 1 fully saturated rings. The maximum atomic E-state index is 11.9. The van der Waals surface area contributed by atoms with Gasteiger partial charge in [-0.1, -0.05) is 13.0 Å². The van der Waals surface area contributed by atoms with E-state index in [2.05, 4.69) is 17.2 Å². The van der Waals surface area contributed by atoms with Gasteiger partial charge in [-0.25, -0.2) is 0 Å². The van der Waals surface area contributed by atoms with E-state index in [1.807, 2.05) is 13.8 Å². The molecule has 0 aromatic rings. The molecule has 1 aliphatic carbocycles. The van der Waals surface area contributed by atoms with E-state index in [1.54, 1.807) is 6.08 Å². The standard InChI is InChI=1S/C12H20N2O2/c1-4-8-13-10(15)12(6-7-12)11(16)14-9(3)5-2/h4,9H,1,5-8H2,2-3H3,(H,13,15)(H,14,16). The molecule has 1 unspecified atom stereocenters. The third-order valence-electron chi connectivity index (χ3n) is 3.02. The largest absolute Gasteiger partial charge is 0.353 e. The monoisotopic (exact) mass is 224 g/mol. The number of carbonyl (C=O) groups is 2. The molecule has 16 heavy (non-hydrogen) atoms. The fourth-order valence-corrected chi connectivity index (χ4v) is 1.48. The second-order valence-corrected chi connectivity index (χ2v) is 4.36. The summed E-state index contributed by atoms with van der Waals surface area (Å²) < 4.78 is 0. The van der Waals surface area contributed by atoms with Gasteiger partial charge in [-0.15, -0.1) is 6.58 Å². The van der Waals surface area contributed by atoms with Crippen molar-refractivity contribution >= 4 is 11.8 Å². The zero-order valence-corrected chi connectivity index (χ0v) is 10.0. The number of rotatable bonds is 6. The Labute approximate surface area is 96.5 Å². The summed E-state index contributed by atoms with van der Waals surface area (Å²) >= 11 is 0. The average molecular weight is 224 g/mol. The zero-order valence-electron chi connectivity index (χ0n) is 10.0.